The summed E-state index contributed by atoms with van der Waals surface area (Å²) in [5.41, 5.74) is 0.581. The van der Waals surface area contributed by atoms with Gasteiger partial charge in [-0.25, -0.2) is 4.98 Å². The topological polar surface area (TPSA) is 192 Å². The predicted molar refractivity (Wildman–Crippen MR) is 106 cm³/mol. The number of fused-ring (bicyclic) bond motifs is 1. The molecule has 2 aliphatic rings. The first-order valence-corrected chi connectivity index (χ1v) is 11.8. The Morgan fingerprint density at radius 2 is 2.03 bits per heavy atom. The van der Waals surface area contributed by atoms with Crippen molar-refractivity contribution < 1.29 is 39.1 Å². The number of aliphatic hydroxyl groups is 3. The highest BCUT2D eigenvalue weighted by Crippen LogP contribution is 2.36. The number of halogens is 1. The Labute approximate surface area is 181 Å². The summed E-state index contributed by atoms with van der Waals surface area (Å²) >= 11 is 6.07. The number of imidazole rings is 1. The summed E-state index contributed by atoms with van der Waals surface area (Å²) in [5, 5.41) is 33.9. The van der Waals surface area contributed by atoms with Crippen LogP contribution >= 0.6 is 19.2 Å². The first kappa shape index (κ1) is 22.8. The van der Waals surface area contributed by atoms with Crippen LogP contribution in [-0.4, -0.2) is 88.0 Å². The molecule has 0 radical (unpaired) electrons. The third-order valence-corrected chi connectivity index (χ3v) is 6.04. The van der Waals surface area contributed by atoms with Gasteiger partial charge in [-0.05, 0) is 30.9 Å². The van der Waals surface area contributed by atoms with E-state index in [0.29, 0.717) is 17.8 Å². The second-order valence-electron chi connectivity index (χ2n) is 7.63. The molecule has 3 heterocycles. The number of nitrogens with zero attached hydrogens (tertiary/aromatic N) is 4. The van der Waals surface area contributed by atoms with E-state index in [0.717, 1.165) is 12.8 Å². The van der Waals surface area contributed by atoms with Gasteiger partial charge in [0.05, 0.1) is 25.1 Å². The van der Waals surface area contributed by atoms with E-state index < -0.39 is 44.6 Å². The lowest BCUT2D eigenvalue weighted by molar-refractivity contribution is -0.0612. The fourth-order valence-electron chi connectivity index (χ4n) is 3.85. The van der Waals surface area contributed by atoms with E-state index in [1.165, 1.54) is 10.9 Å². The maximum Gasteiger partial charge on any atom is 0.350 e. The van der Waals surface area contributed by atoms with Gasteiger partial charge in [-0.3, -0.25) is 9.13 Å². The Morgan fingerprint density at radius 1 is 1.26 bits per heavy atom. The minimum Gasteiger partial charge on any atom is -0.391 e. The average molecular weight is 480 g/mol. The van der Waals surface area contributed by atoms with Crippen LogP contribution in [0.15, 0.2) is 6.33 Å². The SMILES string of the molecule is O=P(O)(O)COC[C@H]1O[C@@H](n2cnc3c(NC4CCC[C@@H]4O)nc(Cl)nc32)[C@H](O)[C@@H]1O. The molecule has 6 N–H and O–H groups in total. The maximum absolute atomic E-state index is 10.9. The van der Waals surface area contributed by atoms with Crippen LogP contribution in [0.2, 0.25) is 5.28 Å². The van der Waals surface area contributed by atoms with Gasteiger partial charge < -0.3 is 39.9 Å². The third kappa shape index (κ3) is 4.85. The van der Waals surface area contributed by atoms with Crippen LogP contribution in [0.5, 0.6) is 0 Å². The number of aromatic nitrogens is 4. The highest BCUT2D eigenvalue weighted by Gasteiger charge is 2.44. The lowest BCUT2D eigenvalue weighted by atomic mass is 10.1. The number of aliphatic hydroxyl groups excluding tert-OH is 3. The van der Waals surface area contributed by atoms with E-state index in [4.69, 9.17) is 30.9 Å². The summed E-state index contributed by atoms with van der Waals surface area (Å²) in [6.45, 7) is -0.339. The van der Waals surface area contributed by atoms with Crippen molar-refractivity contribution in [3.8, 4) is 0 Å². The number of ether oxygens (including phenoxy) is 2. The Hall–Kier alpha value is -1.41. The van der Waals surface area contributed by atoms with Crippen molar-refractivity contribution in [2.75, 3.05) is 18.3 Å². The molecule has 0 amide bonds. The molecule has 0 aromatic carbocycles. The molecule has 1 aliphatic heterocycles. The quantitative estimate of drug-likeness (QED) is 0.222. The van der Waals surface area contributed by atoms with Crippen molar-refractivity contribution in [2.45, 2.75) is 55.9 Å². The van der Waals surface area contributed by atoms with Crippen molar-refractivity contribution in [3.05, 3.63) is 11.6 Å². The van der Waals surface area contributed by atoms with Gasteiger partial charge in [-0.15, -0.1) is 0 Å². The number of rotatable bonds is 7. The summed E-state index contributed by atoms with van der Waals surface area (Å²) in [6, 6.07) is -0.204. The molecule has 1 saturated heterocycles. The molecule has 15 heteroatoms. The molecule has 1 saturated carbocycles. The summed E-state index contributed by atoms with van der Waals surface area (Å²) < 4.78 is 22.9. The minimum absolute atomic E-state index is 0.0844. The first-order chi connectivity index (χ1) is 14.6. The molecule has 2 fully saturated rings. The van der Waals surface area contributed by atoms with Gasteiger partial charge in [0.25, 0.3) is 0 Å². The maximum atomic E-state index is 10.9. The van der Waals surface area contributed by atoms with E-state index in [2.05, 4.69) is 20.3 Å². The van der Waals surface area contributed by atoms with Crippen molar-refractivity contribution in [2.24, 2.45) is 0 Å². The Balaban J connectivity index is 1.56. The highest BCUT2D eigenvalue weighted by atomic mass is 35.5. The van der Waals surface area contributed by atoms with Crippen molar-refractivity contribution in [3.63, 3.8) is 0 Å². The lowest BCUT2D eigenvalue weighted by Gasteiger charge is -2.18. The molecule has 4 rings (SSSR count). The molecule has 31 heavy (non-hydrogen) atoms. The summed E-state index contributed by atoms with van der Waals surface area (Å²) in [5.74, 6) is 0.328. The summed E-state index contributed by atoms with van der Waals surface area (Å²) in [7, 11) is -4.38. The molecule has 2 aromatic rings. The molecule has 1 aliphatic carbocycles. The first-order valence-electron chi connectivity index (χ1n) is 9.62. The van der Waals surface area contributed by atoms with Crippen LogP contribution in [0.4, 0.5) is 5.82 Å². The zero-order valence-electron chi connectivity index (χ0n) is 16.2. The summed E-state index contributed by atoms with van der Waals surface area (Å²) in [4.78, 5) is 30.3. The van der Waals surface area contributed by atoms with E-state index in [9.17, 15) is 19.9 Å². The van der Waals surface area contributed by atoms with Gasteiger partial charge in [0.1, 0.15) is 24.7 Å². The van der Waals surface area contributed by atoms with Crippen LogP contribution in [0.25, 0.3) is 11.2 Å². The minimum atomic E-state index is -4.38. The molecule has 13 nitrogen and oxygen atoms in total. The average Bonchev–Trinajstić information content (AvgIpc) is 3.35. The third-order valence-electron chi connectivity index (χ3n) is 5.35. The molecular formula is C16H23ClN5O8P. The van der Waals surface area contributed by atoms with Gasteiger partial charge >= 0.3 is 7.60 Å². The molecule has 0 bridgehead atoms. The second kappa shape index (κ2) is 8.85. The normalized spacial score (nSPS) is 31.5. The Bertz CT molecular complexity index is 988. The number of hydrogen-bond donors (Lipinski definition) is 6. The molecule has 6 atom stereocenters. The number of hydrogen-bond acceptors (Lipinski definition) is 10. The zero-order chi connectivity index (χ0) is 22.3. The zero-order valence-corrected chi connectivity index (χ0v) is 17.8. The number of nitrogens with one attached hydrogen (secondary N) is 1. The van der Waals surface area contributed by atoms with Gasteiger partial charge in [-0.2, -0.15) is 9.97 Å². The Kier molecular flexibility index (Phi) is 6.50. The summed E-state index contributed by atoms with van der Waals surface area (Å²) in [6.07, 6.45) is -2.57. The second-order valence-corrected chi connectivity index (χ2v) is 9.55. The fourth-order valence-corrected chi connectivity index (χ4v) is 4.35. The van der Waals surface area contributed by atoms with Crippen LogP contribution < -0.4 is 5.32 Å². The standard InChI is InChI=1S/C16H23ClN5O8P/c17-16-20-13(19-7-2-1-3-8(7)23)10-14(21-16)22(5-18-10)15-12(25)11(24)9(30-15)4-29-6-31(26,27)28/h5,7-9,11-12,15,23-25H,1-4,6H2,(H,19,20,21)(H2,26,27,28)/t7?,8-,9+,11+,12+,15+/m0/s1. The fraction of sp³-hybridized carbons (Fsp3) is 0.688. The molecular weight excluding hydrogens is 457 g/mol. The molecule has 172 valence electrons. The van der Waals surface area contributed by atoms with Gasteiger partial charge in [0.2, 0.25) is 5.28 Å². The highest BCUT2D eigenvalue weighted by molar-refractivity contribution is 7.51. The largest absolute Gasteiger partial charge is 0.391 e. The predicted octanol–water partition coefficient (Wildman–Crippen LogP) is -0.424. The van der Waals surface area contributed by atoms with Gasteiger partial charge in [-0.1, -0.05) is 0 Å². The molecule has 0 spiro atoms. The smallest absolute Gasteiger partial charge is 0.350 e. The van der Waals surface area contributed by atoms with Gasteiger partial charge in [0, 0.05) is 0 Å². The number of anilines is 1. The van der Waals surface area contributed by atoms with Crippen molar-refractivity contribution in [1.29, 1.82) is 0 Å². The van der Waals surface area contributed by atoms with E-state index >= 15 is 0 Å². The van der Waals surface area contributed by atoms with E-state index in [-0.39, 0.29) is 23.6 Å². The monoisotopic (exact) mass is 479 g/mol. The molecule has 2 aromatic heterocycles. The van der Waals surface area contributed by atoms with E-state index in [1.807, 2.05) is 0 Å². The Morgan fingerprint density at radius 3 is 2.71 bits per heavy atom. The molecule has 1 unspecified atom stereocenters. The van der Waals surface area contributed by atoms with Crippen LogP contribution in [0, 0.1) is 0 Å². The van der Waals surface area contributed by atoms with Crippen LogP contribution in [0.3, 0.4) is 0 Å². The van der Waals surface area contributed by atoms with Crippen molar-refractivity contribution in [1.82, 2.24) is 19.5 Å². The van der Waals surface area contributed by atoms with E-state index in [1.54, 1.807) is 0 Å². The lowest BCUT2D eigenvalue weighted by Crippen LogP contribution is -2.34. The van der Waals surface area contributed by atoms with Crippen molar-refractivity contribution >= 4 is 36.2 Å². The van der Waals surface area contributed by atoms with Crippen LogP contribution in [0.1, 0.15) is 25.5 Å². The van der Waals surface area contributed by atoms with Crippen LogP contribution in [-0.2, 0) is 14.0 Å². The van der Waals surface area contributed by atoms with Gasteiger partial charge in [0.15, 0.2) is 23.2 Å².